The summed E-state index contributed by atoms with van der Waals surface area (Å²) in [6.07, 6.45) is 1.55. The van der Waals surface area contributed by atoms with E-state index in [1.807, 2.05) is 19.9 Å². The highest BCUT2D eigenvalue weighted by atomic mass is 16.5. The number of hydrogen-bond donors (Lipinski definition) is 2. The fourth-order valence-corrected chi connectivity index (χ4v) is 2.09. The molecule has 2 N–H and O–H groups in total. The van der Waals surface area contributed by atoms with Crippen LogP contribution >= 0.6 is 0 Å². The Labute approximate surface area is 122 Å². The van der Waals surface area contributed by atoms with Gasteiger partial charge < -0.3 is 15.0 Å². The maximum Gasteiger partial charge on any atom is 0.257 e. The van der Waals surface area contributed by atoms with Crippen LogP contribution in [0, 0.1) is 13.8 Å². The summed E-state index contributed by atoms with van der Waals surface area (Å²) in [7, 11) is 1.45. The standard InChI is InChI=1S/C15H17N3O3/c1-9-7-10(2)18-14(20)12(9)8-17-13(19)11-5-4-6-16-15(11)21-3/h4-7H,8H2,1-3H3,(H,17,19)(H,18,20). The topological polar surface area (TPSA) is 84.1 Å². The van der Waals surface area contributed by atoms with Crippen molar-refractivity contribution in [2.75, 3.05) is 7.11 Å². The van der Waals surface area contributed by atoms with Crippen LogP contribution in [-0.2, 0) is 6.54 Å². The maximum atomic E-state index is 12.1. The highest BCUT2D eigenvalue weighted by Crippen LogP contribution is 2.13. The summed E-state index contributed by atoms with van der Waals surface area (Å²) in [6, 6.07) is 5.14. The van der Waals surface area contributed by atoms with Gasteiger partial charge in [0.1, 0.15) is 5.56 Å². The second kappa shape index (κ2) is 6.21. The van der Waals surface area contributed by atoms with Crippen molar-refractivity contribution in [1.29, 1.82) is 0 Å². The average molecular weight is 287 g/mol. The molecule has 0 aromatic carbocycles. The molecule has 1 amide bonds. The van der Waals surface area contributed by atoms with Gasteiger partial charge in [-0.2, -0.15) is 0 Å². The molecule has 0 spiro atoms. The second-order valence-electron chi connectivity index (χ2n) is 4.69. The number of ether oxygens (including phenoxy) is 1. The highest BCUT2D eigenvalue weighted by molar-refractivity contribution is 5.96. The molecule has 110 valence electrons. The smallest absolute Gasteiger partial charge is 0.257 e. The van der Waals surface area contributed by atoms with Crippen LogP contribution in [0.4, 0.5) is 0 Å². The summed E-state index contributed by atoms with van der Waals surface area (Å²) in [6.45, 7) is 3.81. The van der Waals surface area contributed by atoms with Crippen LogP contribution < -0.4 is 15.6 Å². The molecule has 0 aliphatic heterocycles. The van der Waals surface area contributed by atoms with Crippen LogP contribution in [0.2, 0.25) is 0 Å². The van der Waals surface area contributed by atoms with E-state index >= 15 is 0 Å². The Morgan fingerprint density at radius 2 is 2.19 bits per heavy atom. The lowest BCUT2D eigenvalue weighted by Crippen LogP contribution is -2.28. The molecule has 21 heavy (non-hydrogen) atoms. The lowest BCUT2D eigenvalue weighted by molar-refractivity contribution is 0.0947. The van der Waals surface area contributed by atoms with Crippen molar-refractivity contribution >= 4 is 5.91 Å². The van der Waals surface area contributed by atoms with Crippen LogP contribution in [-0.4, -0.2) is 23.0 Å². The number of H-pyrrole nitrogens is 1. The predicted octanol–water partition coefficient (Wildman–Crippen LogP) is 1.33. The zero-order valence-electron chi connectivity index (χ0n) is 12.2. The first-order valence-corrected chi connectivity index (χ1v) is 6.49. The van der Waals surface area contributed by atoms with E-state index < -0.39 is 0 Å². The number of methoxy groups -OCH3 is 1. The van der Waals surface area contributed by atoms with Crippen molar-refractivity contribution in [1.82, 2.24) is 15.3 Å². The maximum absolute atomic E-state index is 12.1. The number of amides is 1. The number of aromatic nitrogens is 2. The minimum atomic E-state index is -0.334. The number of aromatic amines is 1. The van der Waals surface area contributed by atoms with Crippen molar-refractivity contribution in [3.63, 3.8) is 0 Å². The van der Waals surface area contributed by atoms with E-state index in [2.05, 4.69) is 15.3 Å². The molecule has 6 nitrogen and oxygen atoms in total. The molecule has 0 radical (unpaired) electrons. The summed E-state index contributed by atoms with van der Waals surface area (Å²) in [5.41, 5.74) is 2.32. The molecular formula is C15H17N3O3. The van der Waals surface area contributed by atoms with Gasteiger partial charge in [0, 0.05) is 24.0 Å². The number of nitrogens with one attached hydrogen (secondary N) is 2. The van der Waals surface area contributed by atoms with Crippen LogP contribution in [0.3, 0.4) is 0 Å². The normalized spacial score (nSPS) is 10.2. The summed E-state index contributed by atoms with van der Waals surface area (Å²) in [5, 5.41) is 2.71. The molecule has 2 aromatic rings. The average Bonchev–Trinajstić information content (AvgIpc) is 2.45. The molecule has 0 aliphatic carbocycles. The predicted molar refractivity (Wildman–Crippen MR) is 78.5 cm³/mol. The molecule has 0 fully saturated rings. The molecule has 0 bridgehead atoms. The first-order valence-electron chi connectivity index (χ1n) is 6.49. The van der Waals surface area contributed by atoms with Gasteiger partial charge in [-0.1, -0.05) is 0 Å². The lowest BCUT2D eigenvalue weighted by Gasteiger charge is -2.09. The minimum Gasteiger partial charge on any atom is -0.480 e. The van der Waals surface area contributed by atoms with Gasteiger partial charge in [0.05, 0.1) is 7.11 Å². The van der Waals surface area contributed by atoms with Crippen molar-refractivity contribution < 1.29 is 9.53 Å². The van der Waals surface area contributed by atoms with Crippen molar-refractivity contribution in [3.8, 4) is 5.88 Å². The molecule has 2 rings (SSSR count). The van der Waals surface area contributed by atoms with Crippen LogP contribution in [0.15, 0.2) is 29.2 Å². The summed E-state index contributed by atoms with van der Waals surface area (Å²) in [5.74, 6) is -0.0798. The monoisotopic (exact) mass is 287 g/mol. The SMILES string of the molecule is COc1ncccc1C(=O)NCc1c(C)cc(C)[nH]c1=O. The van der Waals surface area contributed by atoms with Gasteiger partial charge in [-0.3, -0.25) is 9.59 Å². The van der Waals surface area contributed by atoms with E-state index in [9.17, 15) is 9.59 Å². The van der Waals surface area contributed by atoms with Crippen LogP contribution in [0.1, 0.15) is 27.2 Å². The first-order chi connectivity index (χ1) is 10.0. The number of carbonyl (C=O) groups is 1. The number of carbonyl (C=O) groups excluding carboxylic acids is 1. The Kier molecular flexibility index (Phi) is 4.37. The zero-order chi connectivity index (χ0) is 15.4. The Balaban J connectivity index is 2.17. The summed E-state index contributed by atoms with van der Waals surface area (Å²) in [4.78, 5) is 30.7. The highest BCUT2D eigenvalue weighted by Gasteiger charge is 2.13. The fourth-order valence-electron chi connectivity index (χ4n) is 2.09. The Hall–Kier alpha value is -2.63. The van der Waals surface area contributed by atoms with E-state index in [-0.39, 0.29) is 23.9 Å². The Morgan fingerprint density at radius 1 is 1.43 bits per heavy atom. The van der Waals surface area contributed by atoms with Crippen molar-refractivity contribution in [2.24, 2.45) is 0 Å². The van der Waals surface area contributed by atoms with E-state index in [1.165, 1.54) is 7.11 Å². The fraction of sp³-hybridized carbons (Fsp3) is 0.267. The number of nitrogens with zero attached hydrogens (tertiary/aromatic N) is 1. The van der Waals surface area contributed by atoms with E-state index in [0.29, 0.717) is 11.1 Å². The van der Waals surface area contributed by atoms with Gasteiger partial charge in [-0.15, -0.1) is 0 Å². The molecule has 6 heteroatoms. The minimum absolute atomic E-state index is 0.151. The van der Waals surface area contributed by atoms with Gasteiger partial charge in [-0.25, -0.2) is 4.98 Å². The van der Waals surface area contributed by atoms with Gasteiger partial charge in [0.2, 0.25) is 5.88 Å². The molecule has 2 aromatic heterocycles. The number of pyridine rings is 2. The van der Waals surface area contributed by atoms with Gasteiger partial charge in [-0.05, 0) is 37.6 Å². The Bertz CT molecular complexity index is 722. The second-order valence-corrected chi connectivity index (χ2v) is 4.69. The molecule has 0 saturated carbocycles. The zero-order valence-corrected chi connectivity index (χ0v) is 12.2. The molecule has 2 heterocycles. The summed E-state index contributed by atoms with van der Waals surface area (Å²) < 4.78 is 5.04. The van der Waals surface area contributed by atoms with Crippen molar-refractivity contribution in [2.45, 2.75) is 20.4 Å². The molecule has 0 atom stereocenters. The lowest BCUT2D eigenvalue weighted by atomic mass is 10.1. The van der Waals surface area contributed by atoms with Crippen molar-refractivity contribution in [3.05, 3.63) is 57.1 Å². The molecule has 0 aliphatic rings. The van der Waals surface area contributed by atoms with E-state index in [0.717, 1.165) is 11.3 Å². The quantitative estimate of drug-likeness (QED) is 0.888. The van der Waals surface area contributed by atoms with Gasteiger partial charge in [0.15, 0.2) is 0 Å². The van der Waals surface area contributed by atoms with E-state index in [4.69, 9.17) is 4.74 Å². The number of rotatable bonds is 4. The largest absolute Gasteiger partial charge is 0.480 e. The number of aryl methyl sites for hydroxylation is 2. The molecular weight excluding hydrogens is 270 g/mol. The van der Waals surface area contributed by atoms with E-state index in [1.54, 1.807) is 18.3 Å². The third kappa shape index (κ3) is 3.28. The first kappa shape index (κ1) is 14.8. The summed E-state index contributed by atoms with van der Waals surface area (Å²) >= 11 is 0. The van der Waals surface area contributed by atoms with Crippen LogP contribution in [0.5, 0.6) is 5.88 Å². The molecule has 0 unspecified atom stereocenters. The molecule has 0 saturated heterocycles. The van der Waals surface area contributed by atoms with Gasteiger partial charge in [0.25, 0.3) is 11.5 Å². The third-order valence-corrected chi connectivity index (χ3v) is 3.13. The van der Waals surface area contributed by atoms with Crippen LogP contribution in [0.25, 0.3) is 0 Å². The van der Waals surface area contributed by atoms with Gasteiger partial charge >= 0.3 is 0 Å². The third-order valence-electron chi connectivity index (χ3n) is 3.13. The number of hydrogen-bond acceptors (Lipinski definition) is 4. The Morgan fingerprint density at radius 3 is 2.86 bits per heavy atom.